The topological polar surface area (TPSA) is 54.0 Å². The van der Waals surface area contributed by atoms with E-state index in [1.807, 2.05) is 32.0 Å². The standard InChI is InChI=1S/C36H37F3N3O3P/c1-23-17-28(8-12-34(23)44-21-24-20-36(2,45-22-24)30-10-5-26(37)18-32(30)39)42-15-13-41(14-16-42)27-6-3-25(4-7-27)35(43)40-33-19-29(46)9-11-31(33)38/h3-12,17-19,24H,13-16,20-22,46H2,1-2H3,(H,40,43)/t24-,36-/m1/s1. The van der Waals surface area contributed by atoms with Crippen molar-refractivity contribution in [2.24, 2.45) is 5.92 Å². The molecule has 2 aliphatic heterocycles. The first-order valence-electron chi connectivity index (χ1n) is 15.4. The van der Waals surface area contributed by atoms with Gasteiger partial charge in [-0.05, 0) is 91.8 Å². The molecule has 46 heavy (non-hydrogen) atoms. The van der Waals surface area contributed by atoms with E-state index in [1.54, 1.807) is 24.3 Å². The van der Waals surface area contributed by atoms with Crippen molar-refractivity contribution >= 4 is 37.5 Å². The summed E-state index contributed by atoms with van der Waals surface area (Å²) in [4.78, 5) is 17.3. The number of ether oxygens (including phenoxy) is 2. The zero-order chi connectivity index (χ0) is 32.4. The van der Waals surface area contributed by atoms with Gasteiger partial charge in [0, 0.05) is 60.7 Å². The number of piperazine rings is 1. The van der Waals surface area contributed by atoms with Crippen LogP contribution in [0.1, 0.15) is 34.8 Å². The van der Waals surface area contributed by atoms with E-state index in [-0.39, 0.29) is 17.5 Å². The highest BCUT2D eigenvalue weighted by Crippen LogP contribution is 2.40. The van der Waals surface area contributed by atoms with Crippen molar-refractivity contribution in [3.8, 4) is 5.75 Å². The molecule has 6 rings (SSSR count). The molecular formula is C36H37F3N3O3P. The molecule has 2 fully saturated rings. The minimum absolute atomic E-state index is 0.0837. The number of anilines is 3. The van der Waals surface area contributed by atoms with Crippen LogP contribution in [0.25, 0.3) is 0 Å². The molecule has 0 radical (unpaired) electrons. The van der Waals surface area contributed by atoms with E-state index >= 15 is 0 Å². The van der Waals surface area contributed by atoms with E-state index in [0.29, 0.717) is 30.8 Å². The summed E-state index contributed by atoms with van der Waals surface area (Å²) in [5.41, 5.74) is 3.36. The second-order valence-electron chi connectivity index (χ2n) is 12.2. The zero-order valence-corrected chi connectivity index (χ0v) is 27.0. The van der Waals surface area contributed by atoms with Gasteiger partial charge >= 0.3 is 0 Å². The second kappa shape index (κ2) is 13.3. The maximum absolute atomic E-state index is 14.4. The molecule has 4 aromatic carbocycles. The van der Waals surface area contributed by atoms with Crippen LogP contribution in [-0.4, -0.2) is 45.3 Å². The van der Waals surface area contributed by atoms with Crippen LogP contribution >= 0.6 is 9.24 Å². The molecule has 10 heteroatoms. The Hall–Kier alpha value is -4.07. The number of amides is 1. The fraction of sp³-hybridized carbons (Fsp3) is 0.306. The number of hydrogen-bond acceptors (Lipinski definition) is 5. The average molecular weight is 648 g/mol. The van der Waals surface area contributed by atoms with Crippen molar-refractivity contribution in [2.75, 3.05) is 54.5 Å². The highest BCUT2D eigenvalue weighted by Gasteiger charge is 2.40. The number of carbonyl (C=O) groups excluding carboxylic acids is 1. The molecule has 1 amide bonds. The van der Waals surface area contributed by atoms with Gasteiger partial charge in [-0.3, -0.25) is 4.79 Å². The van der Waals surface area contributed by atoms with Gasteiger partial charge in [-0.2, -0.15) is 0 Å². The van der Waals surface area contributed by atoms with Crippen LogP contribution in [0.3, 0.4) is 0 Å². The van der Waals surface area contributed by atoms with Gasteiger partial charge < -0.3 is 24.6 Å². The smallest absolute Gasteiger partial charge is 0.255 e. The number of aryl methyl sites for hydroxylation is 1. The van der Waals surface area contributed by atoms with Crippen LogP contribution in [0.4, 0.5) is 30.2 Å². The van der Waals surface area contributed by atoms with Gasteiger partial charge in [0.05, 0.1) is 24.5 Å². The number of nitrogens with zero attached hydrogens (tertiary/aromatic N) is 2. The molecule has 6 nitrogen and oxygen atoms in total. The first kappa shape index (κ1) is 31.9. The van der Waals surface area contributed by atoms with Crippen LogP contribution in [0.5, 0.6) is 5.75 Å². The summed E-state index contributed by atoms with van der Waals surface area (Å²) in [7, 11) is 2.49. The fourth-order valence-electron chi connectivity index (χ4n) is 6.26. The van der Waals surface area contributed by atoms with Crippen molar-refractivity contribution in [3.63, 3.8) is 0 Å². The molecule has 2 heterocycles. The van der Waals surface area contributed by atoms with Gasteiger partial charge in [0.1, 0.15) is 23.2 Å². The third kappa shape index (κ3) is 7.01. The zero-order valence-electron chi connectivity index (χ0n) is 25.9. The summed E-state index contributed by atoms with van der Waals surface area (Å²) >= 11 is 0. The van der Waals surface area contributed by atoms with Gasteiger partial charge in [0.15, 0.2) is 0 Å². The Balaban J connectivity index is 0.996. The van der Waals surface area contributed by atoms with Crippen LogP contribution in [0.2, 0.25) is 0 Å². The summed E-state index contributed by atoms with van der Waals surface area (Å²) in [5, 5.41) is 3.43. The highest BCUT2D eigenvalue weighted by molar-refractivity contribution is 7.27. The number of rotatable bonds is 8. The van der Waals surface area contributed by atoms with E-state index < -0.39 is 23.1 Å². The predicted molar refractivity (Wildman–Crippen MR) is 179 cm³/mol. The van der Waals surface area contributed by atoms with Crippen molar-refractivity contribution in [1.82, 2.24) is 0 Å². The summed E-state index contributed by atoms with van der Waals surface area (Å²) in [6.45, 7) is 8.08. The van der Waals surface area contributed by atoms with Gasteiger partial charge in [0.2, 0.25) is 0 Å². The molecule has 1 N–H and O–H groups in total. The van der Waals surface area contributed by atoms with Crippen LogP contribution in [0.15, 0.2) is 78.9 Å². The maximum Gasteiger partial charge on any atom is 0.255 e. The molecule has 4 aromatic rings. The van der Waals surface area contributed by atoms with E-state index in [9.17, 15) is 18.0 Å². The van der Waals surface area contributed by atoms with Crippen molar-refractivity contribution in [1.29, 1.82) is 0 Å². The minimum atomic E-state index is -0.814. The van der Waals surface area contributed by atoms with Crippen LogP contribution < -0.4 is 25.2 Å². The first-order valence-corrected chi connectivity index (χ1v) is 15.9. The highest BCUT2D eigenvalue weighted by atomic mass is 31.0. The molecule has 0 saturated carbocycles. The molecule has 0 bridgehead atoms. The lowest BCUT2D eigenvalue weighted by Gasteiger charge is -2.37. The molecule has 0 spiro atoms. The van der Waals surface area contributed by atoms with E-state index in [1.165, 1.54) is 18.2 Å². The minimum Gasteiger partial charge on any atom is -0.493 e. The molecule has 2 saturated heterocycles. The predicted octanol–water partition coefficient (Wildman–Crippen LogP) is 6.82. The summed E-state index contributed by atoms with van der Waals surface area (Å²) in [6.07, 6.45) is 0.583. The molecule has 0 aromatic heterocycles. The fourth-order valence-corrected chi connectivity index (χ4v) is 6.53. The molecular weight excluding hydrogens is 610 g/mol. The van der Waals surface area contributed by atoms with E-state index in [2.05, 4.69) is 36.5 Å². The first-order chi connectivity index (χ1) is 22.1. The molecule has 240 valence electrons. The van der Waals surface area contributed by atoms with Gasteiger partial charge in [-0.1, -0.05) is 12.1 Å². The van der Waals surface area contributed by atoms with E-state index in [4.69, 9.17) is 9.47 Å². The summed E-state index contributed by atoms with van der Waals surface area (Å²) in [5.74, 6) is -1.14. The number of benzene rings is 4. The molecule has 2 aliphatic rings. The monoisotopic (exact) mass is 647 g/mol. The third-order valence-corrected chi connectivity index (χ3v) is 9.19. The third-order valence-electron chi connectivity index (χ3n) is 8.83. The van der Waals surface area contributed by atoms with E-state index in [0.717, 1.165) is 60.2 Å². The lowest BCUT2D eigenvalue weighted by atomic mass is 9.89. The van der Waals surface area contributed by atoms with Crippen molar-refractivity contribution in [3.05, 3.63) is 113 Å². The average Bonchev–Trinajstić information content (AvgIpc) is 3.43. The van der Waals surface area contributed by atoms with Crippen molar-refractivity contribution in [2.45, 2.75) is 25.9 Å². The van der Waals surface area contributed by atoms with Crippen LogP contribution in [-0.2, 0) is 10.3 Å². The Bertz CT molecular complexity index is 1730. The lowest BCUT2D eigenvalue weighted by molar-refractivity contribution is 0.0121. The molecule has 0 aliphatic carbocycles. The largest absolute Gasteiger partial charge is 0.493 e. The quantitative estimate of drug-likeness (QED) is 0.213. The van der Waals surface area contributed by atoms with Crippen molar-refractivity contribution < 1.29 is 27.4 Å². The van der Waals surface area contributed by atoms with Gasteiger partial charge in [-0.15, -0.1) is 9.24 Å². The number of halogens is 3. The maximum atomic E-state index is 14.4. The number of nitrogens with one attached hydrogen (secondary N) is 1. The molecule has 3 atom stereocenters. The lowest BCUT2D eigenvalue weighted by Crippen LogP contribution is -2.46. The second-order valence-corrected chi connectivity index (χ2v) is 12.9. The Morgan fingerprint density at radius 2 is 1.61 bits per heavy atom. The van der Waals surface area contributed by atoms with Gasteiger partial charge in [-0.25, -0.2) is 13.2 Å². The Morgan fingerprint density at radius 3 is 2.30 bits per heavy atom. The SMILES string of the molecule is Cc1cc(N2CCN(c3ccc(C(=O)Nc4cc(P)ccc4F)cc3)CC2)ccc1OC[C@@H]1CO[C@@](C)(c2ccc(F)cc2F)C1. The normalized spacial score (nSPS) is 19.7. The Kier molecular flexibility index (Phi) is 9.25. The Morgan fingerprint density at radius 1 is 0.913 bits per heavy atom. The number of hydrogen-bond donors (Lipinski definition) is 1. The number of carbonyl (C=O) groups is 1. The van der Waals surface area contributed by atoms with Crippen LogP contribution in [0, 0.1) is 30.3 Å². The Labute approximate surface area is 269 Å². The summed E-state index contributed by atoms with van der Waals surface area (Å²) in [6, 6.07) is 21.8. The molecule has 1 unspecified atom stereocenters. The summed E-state index contributed by atoms with van der Waals surface area (Å²) < 4.78 is 54.0. The van der Waals surface area contributed by atoms with Gasteiger partial charge in [0.25, 0.3) is 5.91 Å².